The molecule has 1 fully saturated rings. The smallest absolute Gasteiger partial charge is 0.119 e. The molecule has 4 nitrogen and oxygen atoms in total. The molecule has 0 saturated carbocycles. The molecule has 2 atom stereocenters. The van der Waals surface area contributed by atoms with Crippen molar-refractivity contribution < 1.29 is 9.84 Å². The lowest BCUT2D eigenvalue weighted by atomic mass is 9.92. The van der Waals surface area contributed by atoms with Crippen molar-refractivity contribution in [2.24, 2.45) is 5.92 Å². The Kier molecular flexibility index (Phi) is 7.34. The van der Waals surface area contributed by atoms with Crippen molar-refractivity contribution in [3.63, 3.8) is 0 Å². The van der Waals surface area contributed by atoms with E-state index in [1.807, 2.05) is 12.1 Å². The first-order chi connectivity index (χ1) is 11.2. The van der Waals surface area contributed by atoms with Crippen LogP contribution in [0.2, 0.25) is 0 Å². The second-order valence-electron chi connectivity index (χ2n) is 6.54. The molecule has 130 valence electrons. The average Bonchev–Trinajstić information content (AvgIpc) is 2.59. The van der Waals surface area contributed by atoms with Gasteiger partial charge in [0.25, 0.3) is 0 Å². The minimum atomic E-state index is -0.417. The fourth-order valence-electron chi connectivity index (χ4n) is 3.19. The Labute approximate surface area is 140 Å². The maximum atomic E-state index is 10.8. The first-order valence-corrected chi connectivity index (χ1v) is 9.02. The molecule has 1 saturated heterocycles. The van der Waals surface area contributed by atoms with Crippen LogP contribution in [-0.4, -0.2) is 49.3 Å². The van der Waals surface area contributed by atoms with Crippen LogP contribution in [0.3, 0.4) is 0 Å². The molecule has 2 rings (SSSR count). The van der Waals surface area contributed by atoms with Crippen LogP contribution >= 0.6 is 0 Å². The van der Waals surface area contributed by atoms with E-state index in [2.05, 4.69) is 37.1 Å². The van der Waals surface area contributed by atoms with E-state index in [0.29, 0.717) is 0 Å². The molecule has 0 spiro atoms. The summed E-state index contributed by atoms with van der Waals surface area (Å²) in [5.41, 5.74) is 2.25. The summed E-state index contributed by atoms with van der Waals surface area (Å²) >= 11 is 0. The summed E-state index contributed by atoms with van der Waals surface area (Å²) in [6.07, 6.45) is 1.50. The van der Waals surface area contributed by atoms with E-state index in [4.69, 9.17) is 4.74 Å². The van der Waals surface area contributed by atoms with Gasteiger partial charge in [0, 0.05) is 32.7 Å². The van der Waals surface area contributed by atoms with Gasteiger partial charge < -0.3 is 20.1 Å². The minimum absolute atomic E-state index is 0.223. The first-order valence-electron chi connectivity index (χ1n) is 9.02. The van der Waals surface area contributed by atoms with E-state index in [-0.39, 0.29) is 5.92 Å². The number of nitrogens with one attached hydrogen (secondary N) is 1. The number of benzene rings is 1. The molecule has 0 amide bonds. The molecule has 2 N–H and O–H groups in total. The number of aryl methyl sites for hydroxylation is 1. The molecule has 0 radical (unpaired) electrons. The second kappa shape index (κ2) is 9.26. The molecule has 1 aliphatic rings. The van der Waals surface area contributed by atoms with Gasteiger partial charge in [-0.1, -0.05) is 26.8 Å². The molecule has 23 heavy (non-hydrogen) atoms. The van der Waals surface area contributed by atoms with Gasteiger partial charge in [0.05, 0.1) is 12.7 Å². The lowest BCUT2D eigenvalue weighted by Gasteiger charge is -2.32. The van der Waals surface area contributed by atoms with Gasteiger partial charge in [-0.2, -0.15) is 0 Å². The molecule has 1 aliphatic heterocycles. The molecule has 0 aromatic heterocycles. The molecule has 1 aromatic carbocycles. The van der Waals surface area contributed by atoms with E-state index >= 15 is 0 Å². The maximum absolute atomic E-state index is 10.8. The van der Waals surface area contributed by atoms with Crippen molar-refractivity contribution in [1.82, 2.24) is 10.2 Å². The lowest BCUT2D eigenvalue weighted by Crippen LogP contribution is -2.45. The molecule has 0 aliphatic carbocycles. The largest absolute Gasteiger partial charge is 0.494 e. The quantitative estimate of drug-likeness (QED) is 0.773. The zero-order valence-corrected chi connectivity index (χ0v) is 14.8. The highest BCUT2D eigenvalue weighted by molar-refractivity contribution is 5.37. The summed E-state index contributed by atoms with van der Waals surface area (Å²) in [4.78, 5) is 2.44. The number of rotatable bonds is 8. The van der Waals surface area contributed by atoms with Crippen molar-refractivity contribution in [3.05, 3.63) is 29.3 Å². The van der Waals surface area contributed by atoms with E-state index in [0.717, 1.165) is 63.5 Å². The zero-order chi connectivity index (χ0) is 16.7. The van der Waals surface area contributed by atoms with Crippen molar-refractivity contribution in [3.8, 4) is 5.75 Å². The van der Waals surface area contributed by atoms with Gasteiger partial charge in [-0.3, -0.25) is 0 Å². The van der Waals surface area contributed by atoms with E-state index < -0.39 is 6.10 Å². The van der Waals surface area contributed by atoms with Crippen molar-refractivity contribution in [2.75, 3.05) is 39.3 Å². The molecule has 1 heterocycles. The minimum Gasteiger partial charge on any atom is -0.494 e. The van der Waals surface area contributed by atoms with Gasteiger partial charge in [0.1, 0.15) is 5.75 Å². The first kappa shape index (κ1) is 18.2. The van der Waals surface area contributed by atoms with Gasteiger partial charge in [0.15, 0.2) is 0 Å². The Morgan fingerprint density at radius 2 is 2.00 bits per heavy atom. The van der Waals surface area contributed by atoms with Gasteiger partial charge in [-0.25, -0.2) is 0 Å². The van der Waals surface area contributed by atoms with Crippen molar-refractivity contribution >= 4 is 0 Å². The monoisotopic (exact) mass is 320 g/mol. The van der Waals surface area contributed by atoms with Crippen LogP contribution in [0, 0.1) is 5.92 Å². The summed E-state index contributed by atoms with van der Waals surface area (Å²) in [5, 5.41) is 14.2. The lowest BCUT2D eigenvalue weighted by molar-refractivity contribution is 0.0835. The predicted octanol–water partition coefficient (Wildman–Crippen LogP) is 2.61. The predicted molar refractivity (Wildman–Crippen MR) is 95.0 cm³/mol. The van der Waals surface area contributed by atoms with Crippen LogP contribution < -0.4 is 10.1 Å². The highest BCUT2D eigenvalue weighted by Crippen LogP contribution is 2.29. The standard InChI is InChI=1S/C19H32N2O2/c1-4-12-23-17-6-7-18(16(5-2)13-17)19(22)15(3)14-21-10-8-20-9-11-21/h6-7,13,15,19-20,22H,4-5,8-12,14H2,1-3H3. The Morgan fingerprint density at radius 3 is 2.65 bits per heavy atom. The summed E-state index contributed by atoms with van der Waals surface area (Å²) in [6, 6.07) is 6.12. The molecule has 2 unspecified atom stereocenters. The highest BCUT2D eigenvalue weighted by atomic mass is 16.5. The number of ether oxygens (including phenoxy) is 1. The molecule has 4 heteroatoms. The number of nitrogens with zero attached hydrogens (tertiary/aromatic N) is 1. The maximum Gasteiger partial charge on any atom is 0.119 e. The Hall–Kier alpha value is -1.10. The number of hydrogen-bond donors (Lipinski definition) is 2. The molecule has 0 bridgehead atoms. The molecular weight excluding hydrogens is 288 g/mol. The topological polar surface area (TPSA) is 44.7 Å². The second-order valence-corrected chi connectivity index (χ2v) is 6.54. The number of hydrogen-bond acceptors (Lipinski definition) is 4. The zero-order valence-electron chi connectivity index (χ0n) is 14.8. The average molecular weight is 320 g/mol. The fraction of sp³-hybridized carbons (Fsp3) is 0.684. The van der Waals surface area contributed by atoms with Crippen molar-refractivity contribution in [2.45, 2.75) is 39.7 Å². The number of aliphatic hydroxyl groups is 1. The van der Waals surface area contributed by atoms with Crippen LogP contribution in [0.15, 0.2) is 18.2 Å². The normalized spacial score (nSPS) is 18.6. The summed E-state index contributed by atoms with van der Waals surface area (Å²) in [5.74, 6) is 1.13. The van der Waals surface area contributed by atoms with Gasteiger partial charge in [-0.15, -0.1) is 0 Å². The van der Waals surface area contributed by atoms with E-state index in [1.165, 1.54) is 5.56 Å². The van der Waals surface area contributed by atoms with Gasteiger partial charge >= 0.3 is 0 Å². The van der Waals surface area contributed by atoms with Crippen LogP contribution in [0.4, 0.5) is 0 Å². The molecular formula is C19H32N2O2. The van der Waals surface area contributed by atoms with Crippen LogP contribution in [0.25, 0.3) is 0 Å². The summed E-state index contributed by atoms with van der Waals surface area (Å²) < 4.78 is 5.72. The summed E-state index contributed by atoms with van der Waals surface area (Å²) in [7, 11) is 0. The number of aliphatic hydroxyl groups excluding tert-OH is 1. The van der Waals surface area contributed by atoms with Gasteiger partial charge in [0.2, 0.25) is 0 Å². The Balaban J connectivity index is 2.02. The van der Waals surface area contributed by atoms with Crippen molar-refractivity contribution in [1.29, 1.82) is 0 Å². The van der Waals surface area contributed by atoms with Crippen LogP contribution in [-0.2, 0) is 6.42 Å². The van der Waals surface area contributed by atoms with Crippen LogP contribution in [0.1, 0.15) is 44.4 Å². The Morgan fingerprint density at radius 1 is 1.26 bits per heavy atom. The number of piperazine rings is 1. The summed E-state index contributed by atoms with van der Waals surface area (Å²) in [6.45, 7) is 12.3. The van der Waals surface area contributed by atoms with Gasteiger partial charge in [-0.05, 0) is 42.0 Å². The third kappa shape index (κ3) is 5.20. The Bertz CT molecular complexity index is 472. The van der Waals surface area contributed by atoms with E-state index in [9.17, 15) is 5.11 Å². The molecule has 1 aromatic rings. The highest BCUT2D eigenvalue weighted by Gasteiger charge is 2.22. The third-order valence-corrected chi connectivity index (χ3v) is 4.58. The SMILES string of the molecule is CCCOc1ccc(C(O)C(C)CN2CCNCC2)c(CC)c1. The van der Waals surface area contributed by atoms with Crippen LogP contribution in [0.5, 0.6) is 5.75 Å². The third-order valence-electron chi connectivity index (χ3n) is 4.58. The van der Waals surface area contributed by atoms with E-state index in [1.54, 1.807) is 0 Å². The fourth-order valence-corrected chi connectivity index (χ4v) is 3.19.